The molecule has 10 heavy (non-hydrogen) atoms. The molecule has 0 amide bonds. The molecule has 0 bridgehead atoms. The van der Waals surface area contributed by atoms with Crippen LogP contribution in [0.5, 0.6) is 0 Å². The van der Waals surface area contributed by atoms with E-state index in [2.05, 4.69) is 6.92 Å². The molecule has 1 fully saturated rings. The van der Waals surface area contributed by atoms with Crippen molar-refractivity contribution in [3.05, 3.63) is 0 Å². The minimum Gasteiger partial charge on any atom is -0.350 e. The smallest absolute Gasteiger partial charge is 0.158 e. The van der Waals surface area contributed by atoms with Crippen LogP contribution in [0.25, 0.3) is 0 Å². The van der Waals surface area contributed by atoms with E-state index in [-0.39, 0.29) is 6.29 Å². The van der Waals surface area contributed by atoms with E-state index >= 15 is 0 Å². The van der Waals surface area contributed by atoms with E-state index in [1.165, 1.54) is 12.8 Å². The average Bonchev–Trinajstić information content (AvgIpc) is 2.31. The number of unbranched alkanes of at least 4 members (excludes halogenated alkanes) is 1. The van der Waals surface area contributed by atoms with Gasteiger partial charge in [0.2, 0.25) is 0 Å². The van der Waals surface area contributed by atoms with E-state index in [0.717, 1.165) is 13.0 Å². The van der Waals surface area contributed by atoms with Gasteiger partial charge in [-0.15, -0.1) is 0 Å². The summed E-state index contributed by atoms with van der Waals surface area (Å²) in [7, 11) is 0. The molecule has 1 aliphatic heterocycles. The predicted molar refractivity (Wildman–Crippen MR) is 39.8 cm³/mol. The molecular weight excluding hydrogens is 128 g/mol. The first-order chi connectivity index (χ1) is 4.83. The second kappa shape index (κ2) is 3.94. The van der Waals surface area contributed by atoms with Gasteiger partial charge in [-0.05, 0) is 19.8 Å². The SMILES string of the molecule is CCCC[C@H]1OC[C@H](C)O1. The maximum Gasteiger partial charge on any atom is 0.158 e. The zero-order chi connectivity index (χ0) is 7.40. The molecular formula is C8H16O2. The molecule has 1 rings (SSSR count). The molecule has 0 unspecified atom stereocenters. The van der Waals surface area contributed by atoms with Gasteiger partial charge in [0.1, 0.15) is 0 Å². The van der Waals surface area contributed by atoms with Crippen molar-refractivity contribution in [2.45, 2.75) is 45.5 Å². The summed E-state index contributed by atoms with van der Waals surface area (Å²) in [4.78, 5) is 0. The maximum absolute atomic E-state index is 5.44. The van der Waals surface area contributed by atoms with Crippen LogP contribution in [-0.2, 0) is 9.47 Å². The third-order valence-electron chi connectivity index (χ3n) is 1.69. The second-order valence-corrected chi connectivity index (χ2v) is 2.85. The lowest BCUT2D eigenvalue weighted by Crippen LogP contribution is -2.08. The van der Waals surface area contributed by atoms with Crippen molar-refractivity contribution in [2.24, 2.45) is 0 Å². The van der Waals surface area contributed by atoms with Gasteiger partial charge in [-0.25, -0.2) is 0 Å². The molecule has 0 aromatic heterocycles. The fourth-order valence-electron chi connectivity index (χ4n) is 1.10. The maximum atomic E-state index is 5.44. The predicted octanol–water partition coefficient (Wildman–Crippen LogP) is 1.94. The highest BCUT2D eigenvalue weighted by Crippen LogP contribution is 2.15. The fraction of sp³-hybridized carbons (Fsp3) is 1.00. The highest BCUT2D eigenvalue weighted by molar-refractivity contribution is 4.59. The van der Waals surface area contributed by atoms with Crippen LogP contribution in [0.3, 0.4) is 0 Å². The highest BCUT2D eigenvalue weighted by atomic mass is 16.7. The molecule has 0 aromatic rings. The summed E-state index contributed by atoms with van der Waals surface area (Å²) >= 11 is 0. The summed E-state index contributed by atoms with van der Waals surface area (Å²) in [6.07, 6.45) is 3.88. The molecule has 60 valence electrons. The first kappa shape index (κ1) is 8.02. The normalized spacial score (nSPS) is 33.0. The quantitative estimate of drug-likeness (QED) is 0.602. The lowest BCUT2D eigenvalue weighted by atomic mass is 10.2. The molecule has 0 aliphatic carbocycles. The number of rotatable bonds is 3. The molecule has 0 N–H and O–H groups in total. The van der Waals surface area contributed by atoms with Gasteiger partial charge < -0.3 is 9.47 Å². The fourth-order valence-corrected chi connectivity index (χ4v) is 1.10. The van der Waals surface area contributed by atoms with Gasteiger partial charge in [0, 0.05) is 0 Å². The van der Waals surface area contributed by atoms with Gasteiger partial charge in [-0.3, -0.25) is 0 Å². The van der Waals surface area contributed by atoms with E-state index < -0.39 is 0 Å². The van der Waals surface area contributed by atoms with E-state index in [9.17, 15) is 0 Å². The standard InChI is InChI=1S/C8H16O2/c1-3-4-5-8-9-6-7(2)10-8/h7-8H,3-6H2,1-2H3/t7-,8-/m0/s1. The van der Waals surface area contributed by atoms with Crippen molar-refractivity contribution in [3.63, 3.8) is 0 Å². The van der Waals surface area contributed by atoms with Crippen LogP contribution in [0, 0.1) is 0 Å². The Balaban J connectivity index is 2.06. The lowest BCUT2D eigenvalue weighted by Gasteiger charge is -2.07. The van der Waals surface area contributed by atoms with Crippen LogP contribution in [0.4, 0.5) is 0 Å². The van der Waals surface area contributed by atoms with E-state index in [1.807, 2.05) is 6.92 Å². The van der Waals surface area contributed by atoms with Crippen LogP contribution in [0.15, 0.2) is 0 Å². The Morgan fingerprint density at radius 2 is 2.30 bits per heavy atom. The van der Waals surface area contributed by atoms with E-state index in [1.54, 1.807) is 0 Å². The molecule has 0 saturated carbocycles. The molecule has 1 heterocycles. The zero-order valence-electron chi connectivity index (χ0n) is 6.80. The van der Waals surface area contributed by atoms with Gasteiger partial charge >= 0.3 is 0 Å². The molecule has 0 aromatic carbocycles. The van der Waals surface area contributed by atoms with Crippen LogP contribution in [0.1, 0.15) is 33.1 Å². The third kappa shape index (κ3) is 2.27. The first-order valence-electron chi connectivity index (χ1n) is 4.10. The van der Waals surface area contributed by atoms with Gasteiger partial charge in [0.25, 0.3) is 0 Å². The van der Waals surface area contributed by atoms with Gasteiger partial charge in [-0.2, -0.15) is 0 Å². The molecule has 2 heteroatoms. The molecule has 0 radical (unpaired) electrons. The molecule has 0 spiro atoms. The van der Waals surface area contributed by atoms with E-state index in [4.69, 9.17) is 9.47 Å². The Morgan fingerprint density at radius 3 is 2.80 bits per heavy atom. The number of hydrogen-bond acceptors (Lipinski definition) is 2. The average molecular weight is 144 g/mol. The van der Waals surface area contributed by atoms with Crippen molar-refractivity contribution >= 4 is 0 Å². The van der Waals surface area contributed by atoms with Crippen molar-refractivity contribution in [3.8, 4) is 0 Å². The topological polar surface area (TPSA) is 18.5 Å². The molecule has 2 atom stereocenters. The summed E-state index contributed by atoms with van der Waals surface area (Å²) in [5, 5.41) is 0. The molecule has 1 aliphatic rings. The van der Waals surface area contributed by atoms with Gasteiger partial charge in [0.15, 0.2) is 6.29 Å². The van der Waals surface area contributed by atoms with Crippen molar-refractivity contribution < 1.29 is 9.47 Å². The lowest BCUT2D eigenvalue weighted by molar-refractivity contribution is -0.0601. The number of ether oxygens (including phenoxy) is 2. The van der Waals surface area contributed by atoms with Crippen molar-refractivity contribution in [1.29, 1.82) is 0 Å². The minimum absolute atomic E-state index is 0.0925. The minimum atomic E-state index is 0.0925. The second-order valence-electron chi connectivity index (χ2n) is 2.85. The number of hydrogen-bond donors (Lipinski definition) is 0. The van der Waals surface area contributed by atoms with Gasteiger partial charge in [0.05, 0.1) is 12.7 Å². The summed E-state index contributed by atoms with van der Waals surface area (Å²) in [5.41, 5.74) is 0. The molecule has 2 nitrogen and oxygen atoms in total. The van der Waals surface area contributed by atoms with Crippen LogP contribution in [0.2, 0.25) is 0 Å². The van der Waals surface area contributed by atoms with Gasteiger partial charge in [-0.1, -0.05) is 13.3 Å². The van der Waals surface area contributed by atoms with Crippen molar-refractivity contribution in [2.75, 3.05) is 6.61 Å². The summed E-state index contributed by atoms with van der Waals surface area (Å²) in [6, 6.07) is 0. The zero-order valence-corrected chi connectivity index (χ0v) is 6.80. The van der Waals surface area contributed by atoms with Crippen LogP contribution < -0.4 is 0 Å². The third-order valence-corrected chi connectivity index (χ3v) is 1.69. The summed E-state index contributed by atoms with van der Waals surface area (Å²) < 4.78 is 10.8. The Labute approximate surface area is 62.5 Å². The Kier molecular flexibility index (Phi) is 3.16. The largest absolute Gasteiger partial charge is 0.350 e. The molecule has 1 saturated heterocycles. The Hall–Kier alpha value is -0.0800. The van der Waals surface area contributed by atoms with Crippen LogP contribution in [-0.4, -0.2) is 19.0 Å². The first-order valence-corrected chi connectivity index (χ1v) is 4.10. The summed E-state index contributed by atoms with van der Waals surface area (Å²) in [5.74, 6) is 0. The Morgan fingerprint density at radius 1 is 1.50 bits per heavy atom. The van der Waals surface area contributed by atoms with E-state index in [0.29, 0.717) is 6.10 Å². The summed E-state index contributed by atoms with van der Waals surface area (Å²) in [6.45, 7) is 5.00. The van der Waals surface area contributed by atoms with Crippen LogP contribution >= 0.6 is 0 Å². The van der Waals surface area contributed by atoms with Crippen molar-refractivity contribution in [1.82, 2.24) is 0 Å². The Bertz CT molecular complexity index is 93.3. The highest BCUT2D eigenvalue weighted by Gasteiger charge is 2.20. The monoisotopic (exact) mass is 144 g/mol.